The monoisotopic (exact) mass is 436 g/mol. The van der Waals surface area contributed by atoms with Gasteiger partial charge in [0.2, 0.25) is 0 Å². The van der Waals surface area contributed by atoms with E-state index in [0.717, 1.165) is 39.4 Å². The van der Waals surface area contributed by atoms with E-state index in [1.807, 2.05) is 19.1 Å². The fourth-order valence-corrected chi connectivity index (χ4v) is 4.90. The molecule has 0 bridgehead atoms. The highest BCUT2D eigenvalue weighted by Crippen LogP contribution is 2.41. The van der Waals surface area contributed by atoms with Gasteiger partial charge in [0.1, 0.15) is 10.7 Å². The van der Waals surface area contributed by atoms with Gasteiger partial charge in [0, 0.05) is 47.0 Å². The summed E-state index contributed by atoms with van der Waals surface area (Å²) in [6.07, 6.45) is 3.49. The van der Waals surface area contributed by atoms with Crippen LogP contribution in [0.25, 0.3) is 32.1 Å². The van der Waals surface area contributed by atoms with Crippen LogP contribution >= 0.6 is 11.3 Å². The Morgan fingerprint density at radius 1 is 1.13 bits per heavy atom. The van der Waals surface area contributed by atoms with Crippen LogP contribution in [0.15, 0.2) is 48.7 Å². The summed E-state index contributed by atoms with van der Waals surface area (Å²) in [5.41, 5.74) is 3.76. The molecule has 2 heterocycles. The van der Waals surface area contributed by atoms with Gasteiger partial charge in [-0.25, -0.2) is 4.39 Å². The molecule has 0 aliphatic rings. The summed E-state index contributed by atoms with van der Waals surface area (Å²) in [5, 5.41) is 4.60. The van der Waals surface area contributed by atoms with Gasteiger partial charge >= 0.3 is 0 Å². The lowest BCUT2D eigenvalue weighted by molar-refractivity contribution is 0.0949. The minimum Gasteiger partial charge on any atom is -0.382 e. The average Bonchev–Trinajstić information content (AvgIpc) is 3.19. The van der Waals surface area contributed by atoms with Crippen molar-refractivity contribution in [3.05, 3.63) is 64.9 Å². The second kappa shape index (κ2) is 9.54. The van der Waals surface area contributed by atoms with Gasteiger partial charge < -0.3 is 10.1 Å². The summed E-state index contributed by atoms with van der Waals surface area (Å²) in [5.74, 6) is -0.442. The van der Waals surface area contributed by atoms with Gasteiger partial charge in [0.25, 0.3) is 5.91 Å². The maximum Gasteiger partial charge on any atom is 0.262 e. The molecule has 0 aliphatic carbocycles. The molecule has 2 aromatic heterocycles. The molecule has 0 saturated carbocycles. The Balaban J connectivity index is 1.81. The molecule has 0 atom stereocenters. The van der Waals surface area contributed by atoms with E-state index in [0.29, 0.717) is 30.2 Å². The number of aromatic nitrogens is 1. The quantitative estimate of drug-likeness (QED) is 0.346. The Kier molecular flexibility index (Phi) is 6.59. The molecular formula is C25H25FN2O2S. The van der Waals surface area contributed by atoms with Crippen molar-refractivity contribution < 1.29 is 13.9 Å². The fraction of sp³-hybridized carbons (Fsp3) is 0.280. The number of rotatable bonds is 8. The molecule has 1 N–H and O–H groups in total. The number of hydrogen-bond donors (Lipinski definition) is 1. The number of fused-ring (bicyclic) bond motifs is 3. The second-order valence-corrected chi connectivity index (χ2v) is 8.35. The number of carbonyl (C=O) groups is 1. The van der Waals surface area contributed by atoms with E-state index in [1.54, 1.807) is 12.3 Å². The molecule has 31 heavy (non-hydrogen) atoms. The van der Waals surface area contributed by atoms with Crippen LogP contribution in [-0.2, 0) is 11.2 Å². The first-order valence-electron chi connectivity index (χ1n) is 10.6. The van der Waals surface area contributed by atoms with Crippen molar-refractivity contribution in [3.8, 4) is 11.1 Å². The lowest BCUT2D eigenvalue weighted by Crippen LogP contribution is -2.24. The molecule has 4 aromatic rings. The van der Waals surface area contributed by atoms with E-state index < -0.39 is 0 Å². The predicted octanol–water partition coefficient (Wildman–Crippen LogP) is 5.97. The number of aryl methyl sites for hydroxylation is 1. The van der Waals surface area contributed by atoms with E-state index in [9.17, 15) is 9.18 Å². The van der Waals surface area contributed by atoms with Crippen molar-refractivity contribution in [2.24, 2.45) is 0 Å². The first kappa shape index (κ1) is 21.4. The Morgan fingerprint density at radius 2 is 1.94 bits per heavy atom. The van der Waals surface area contributed by atoms with Gasteiger partial charge in [0.15, 0.2) is 0 Å². The SMILES string of the molecule is CCOCCCNC(=O)c1sc2c(cnc3ccc(F)cc32)c1-c1ccc(CC)cc1. The average molecular weight is 437 g/mol. The minimum atomic E-state index is -0.314. The zero-order chi connectivity index (χ0) is 21.8. The number of thiophene rings is 1. The number of nitrogens with one attached hydrogen (secondary N) is 1. The van der Waals surface area contributed by atoms with Gasteiger partial charge in [-0.15, -0.1) is 11.3 Å². The molecule has 160 valence electrons. The molecule has 0 fully saturated rings. The first-order valence-corrected chi connectivity index (χ1v) is 11.4. The zero-order valence-corrected chi connectivity index (χ0v) is 18.5. The number of nitrogens with zero attached hydrogens (tertiary/aromatic N) is 1. The smallest absolute Gasteiger partial charge is 0.262 e. The summed E-state index contributed by atoms with van der Waals surface area (Å²) in [6.45, 7) is 5.88. The minimum absolute atomic E-state index is 0.128. The molecule has 1 amide bonds. The number of carbonyl (C=O) groups excluding carboxylic acids is 1. The lowest BCUT2D eigenvalue weighted by atomic mass is 9.99. The molecule has 0 saturated heterocycles. The number of halogens is 1. The molecule has 4 nitrogen and oxygen atoms in total. The summed E-state index contributed by atoms with van der Waals surface area (Å²) < 4.78 is 20.2. The third kappa shape index (κ3) is 4.45. The van der Waals surface area contributed by atoms with Crippen LogP contribution in [0.1, 0.15) is 35.5 Å². The van der Waals surface area contributed by atoms with Crippen molar-refractivity contribution in [2.75, 3.05) is 19.8 Å². The highest BCUT2D eigenvalue weighted by molar-refractivity contribution is 7.22. The normalized spacial score (nSPS) is 11.3. The standard InChI is InChI=1S/C25H25FN2O2S/c1-3-16-6-8-17(9-7-16)22-20-15-28-21-11-10-18(26)14-19(21)23(20)31-24(22)25(29)27-12-5-13-30-4-2/h6-11,14-15H,3-5,12-13H2,1-2H3,(H,27,29). The Labute approximate surface area is 185 Å². The summed E-state index contributed by atoms with van der Waals surface area (Å²) in [7, 11) is 0. The Morgan fingerprint density at radius 3 is 2.68 bits per heavy atom. The largest absolute Gasteiger partial charge is 0.382 e. The molecule has 0 unspecified atom stereocenters. The lowest BCUT2D eigenvalue weighted by Gasteiger charge is -2.08. The number of amides is 1. The Hall–Kier alpha value is -2.83. The Bertz CT molecular complexity index is 1220. The van der Waals surface area contributed by atoms with Crippen LogP contribution in [0.3, 0.4) is 0 Å². The van der Waals surface area contributed by atoms with Gasteiger partial charge in [-0.1, -0.05) is 31.2 Å². The van der Waals surface area contributed by atoms with Crippen LogP contribution in [0.5, 0.6) is 0 Å². The summed E-state index contributed by atoms with van der Waals surface area (Å²) >= 11 is 1.39. The topological polar surface area (TPSA) is 51.2 Å². The highest BCUT2D eigenvalue weighted by Gasteiger charge is 2.21. The molecule has 0 spiro atoms. The third-order valence-corrected chi connectivity index (χ3v) is 6.53. The van der Waals surface area contributed by atoms with Crippen molar-refractivity contribution >= 4 is 38.2 Å². The number of hydrogen-bond acceptors (Lipinski definition) is 4. The molecular weight excluding hydrogens is 411 g/mol. The maximum atomic E-state index is 14.0. The van der Waals surface area contributed by atoms with E-state index in [-0.39, 0.29) is 11.7 Å². The second-order valence-electron chi connectivity index (χ2n) is 7.33. The molecule has 2 aromatic carbocycles. The fourth-order valence-electron chi connectivity index (χ4n) is 3.66. The van der Waals surface area contributed by atoms with E-state index in [2.05, 4.69) is 29.4 Å². The van der Waals surface area contributed by atoms with E-state index >= 15 is 0 Å². The molecule has 6 heteroatoms. The van der Waals surface area contributed by atoms with Gasteiger partial charge in [-0.2, -0.15) is 0 Å². The van der Waals surface area contributed by atoms with E-state index in [1.165, 1.54) is 29.0 Å². The zero-order valence-electron chi connectivity index (χ0n) is 17.7. The predicted molar refractivity (Wildman–Crippen MR) is 125 cm³/mol. The number of benzene rings is 2. The first-order chi connectivity index (χ1) is 15.1. The summed E-state index contributed by atoms with van der Waals surface area (Å²) in [6, 6.07) is 12.8. The van der Waals surface area contributed by atoms with Crippen LogP contribution in [-0.4, -0.2) is 30.6 Å². The van der Waals surface area contributed by atoms with Crippen molar-refractivity contribution in [1.82, 2.24) is 10.3 Å². The molecule has 0 aliphatic heterocycles. The van der Waals surface area contributed by atoms with Gasteiger partial charge in [0.05, 0.1) is 5.52 Å². The van der Waals surface area contributed by atoms with Crippen LogP contribution in [0.2, 0.25) is 0 Å². The number of ether oxygens (including phenoxy) is 1. The van der Waals surface area contributed by atoms with Crippen molar-refractivity contribution in [1.29, 1.82) is 0 Å². The van der Waals surface area contributed by atoms with Crippen LogP contribution < -0.4 is 5.32 Å². The van der Waals surface area contributed by atoms with E-state index in [4.69, 9.17) is 4.74 Å². The van der Waals surface area contributed by atoms with Crippen LogP contribution in [0.4, 0.5) is 4.39 Å². The summed E-state index contributed by atoms with van der Waals surface area (Å²) in [4.78, 5) is 18.3. The highest BCUT2D eigenvalue weighted by atomic mass is 32.1. The van der Waals surface area contributed by atoms with Gasteiger partial charge in [-0.05, 0) is 49.1 Å². The van der Waals surface area contributed by atoms with Gasteiger partial charge in [-0.3, -0.25) is 9.78 Å². The number of pyridine rings is 1. The third-order valence-electron chi connectivity index (χ3n) is 5.29. The van der Waals surface area contributed by atoms with Crippen molar-refractivity contribution in [3.63, 3.8) is 0 Å². The van der Waals surface area contributed by atoms with Crippen molar-refractivity contribution in [2.45, 2.75) is 26.7 Å². The van der Waals surface area contributed by atoms with Crippen LogP contribution in [0, 0.1) is 5.82 Å². The maximum absolute atomic E-state index is 14.0. The molecule has 4 rings (SSSR count). The molecule has 0 radical (unpaired) electrons.